The molecule has 0 aliphatic heterocycles. The van der Waals surface area contributed by atoms with Gasteiger partial charge in [-0.2, -0.15) is 0 Å². The van der Waals surface area contributed by atoms with Gasteiger partial charge in [-0.3, -0.25) is 0 Å². The third-order valence-electron chi connectivity index (χ3n) is 13.9. The molecule has 0 aliphatic rings. The van der Waals surface area contributed by atoms with Crippen LogP contribution in [0.2, 0.25) is 0 Å². The summed E-state index contributed by atoms with van der Waals surface area (Å²) in [5.74, 6) is 1.80. The predicted molar refractivity (Wildman–Crippen MR) is 289 cm³/mol. The molecule has 5 heteroatoms. The number of furan rings is 1. The standard InChI is InChI=1S/C65H40N4O/c1-3-15-41(16-4-1)42-29-31-43(32-30-42)44-33-35-46(36-34-44)54-39-56-61(40-59(54)69-57-27-12-11-24-51(57)55-37-48-20-7-8-21-49(48)38-58(55)69)70-60-28-14-26-53(62(56)60)65-67-63(47-18-5-2-6-19-47)66-64(68-65)52-25-13-22-45-17-9-10-23-50(45)52/h1-40H. The maximum absolute atomic E-state index is 6.96. The molecule has 0 bridgehead atoms. The lowest BCUT2D eigenvalue weighted by Crippen LogP contribution is -2.01. The van der Waals surface area contributed by atoms with Crippen molar-refractivity contribution in [3.8, 4) is 73.2 Å². The highest BCUT2D eigenvalue weighted by molar-refractivity contribution is 6.16. The van der Waals surface area contributed by atoms with Crippen molar-refractivity contribution in [3.63, 3.8) is 0 Å². The summed E-state index contributed by atoms with van der Waals surface area (Å²) in [6.45, 7) is 0. The van der Waals surface area contributed by atoms with Gasteiger partial charge in [-0.25, -0.2) is 15.0 Å². The number of fused-ring (bicyclic) bond motifs is 8. The first kappa shape index (κ1) is 39.7. The van der Waals surface area contributed by atoms with E-state index in [0.29, 0.717) is 17.5 Å². The Kier molecular flexibility index (Phi) is 9.14. The lowest BCUT2D eigenvalue weighted by Gasteiger charge is -2.16. The van der Waals surface area contributed by atoms with E-state index in [9.17, 15) is 0 Å². The number of nitrogens with zero attached hydrogens (tertiary/aromatic N) is 4. The number of para-hydroxylation sites is 1. The molecule has 14 aromatic rings. The third-order valence-corrected chi connectivity index (χ3v) is 13.9. The lowest BCUT2D eigenvalue weighted by molar-refractivity contribution is 0.668. The van der Waals surface area contributed by atoms with Crippen LogP contribution in [0.25, 0.3) is 139 Å². The van der Waals surface area contributed by atoms with E-state index in [2.05, 4.69) is 217 Å². The van der Waals surface area contributed by atoms with Crippen LogP contribution in [-0.2, 0) is 0 Å². The summed E-state index contributed by atoms with van der Waals surface area (Å²) in [5, 5.41) is 8.93. The molecule has 3 heterocycles. The average molecular weight is 893 g/mol. The van der Waals surface area contributed by atoms with E-state index in [4.69, 9.17) is 19.4 Å². The zero-order valence-electron chi connectivity index (χ0n) is 37.8. The van der Waals surface area contributed by atoms with Crippen LogP contribution in [0, 0.1) is 0 Å². The molecular weight excluding hydrogens is 853 g/mol. The molecule has 0 aliphatic carbocycles. The summed E-state index contributed by atoms with van der Waals surface area (Å²) in [7, 11) is 0. The van der Waals surface area contributed by atoms with Crippen LogP contribution in [0.1, 0.15) is 0 Å². The van der Waals surface area contributed by atoms with Gasteiger partial charge in [0.15, 0.2) is 17.5 Å². The van der Waals surface area contributed by atoms with Crippen molar-refractivity contribution in [1.29, 1.82) is 0 Å². The van der Waals surface area contributed by atoms with Crippen molar-refractivity contribution in [1.82, 2.24) is 19.5 Å². The van der Waals surface area contributed by atoms with Crippen molar-refractivity contribution < 1.29 is 4.42 Å². The minimum absolute atomic E-state index is 0.577. The molecule has 326 valence electrons. The first-order valence-electron chi connectivity index (χ1n) is 23.7. The van der Waals surface area contributed by atoms with Crippen molar-refractivity contribution in [2.45, 2.75) is 0 Å². The second-order valence-electron chi connectivity index (χ2n) is 17.9. The average Bonchev–Trinajstić information content (AvgIpc) is 3.97. The number of rotatable bonds is 7. The van der Waals surface area contributed by atoms with Gasteiger partial charge in [0, 0.05) is 49.9 Å². The van der Waals surface area contributed by atoms with Gasteiger partial charge in [0.1, 0.15) is 11.2 Å². The number of hydrogen-bond acceptors (Lipinski definition) is 4. The normalized spacial score (nSPS) is 11.7. The Morgan fingerprint density at radius 2 is 0.814 bits per heavy atom. The maximum Gasteiger partial charge on any atom is 0.164 e. The van der Waals surface area contributed by atoms with Crippen LogP contribution in [0.5, 0.6) is 0 Å². The van der Waals surface area contributed by atoms with Crippen LogP contribution in [-0.4, -0.2) is 19.5 Å². The molecule has 3 aromatic heterocycles. The third kappa shape index (κ3) is 6.59. The highest BCUT2D eigenvalue weighted by Gasteiger charge is 2.23. The summed E-state index contributed by atoms with van der Waals surface area (Å²) in [5.41, 5.74) is 14.4. The van der Waals surface area contributed by atoms with Gasteiger partial charge in [-0.1, -0.05) is 206 Å². The van der Waals surface area contributed by atoms with Crippen LogP contribution in [0.3, 0.4) is 0 Å². The molecule has 0 spiro atoms. The molecule has 14 rings (SSSR count). The molecule has 0 atom stereocenters. The second-order valence-corrected chi connectivity index (χ2v) is 17.9. The van der Waals surface area contributed by atoms with Gasteiger partial charge in [0.2, 0.25) is 0 Å². The molecule has 11 aromatic carbocycles. The molecule has 0 radical (unpaired) electrons. The number of aromatic nitrogens is 4. The Morgan fingerprint density at radius 1 is 0.286 bits per heavy atom. The molecular formula is C65H40N4O. The van der Waals surface area contributed by atoms with Crippen LogP contribution in [0.15, 0.2) is 247 Å². The summed E-state index contributed by atoms with van der Waals surface area (Å²) in [6, 6.07) is 85.9. The predicted octanol–water partition coefficient (Wildman–Crippen LogP) is 17.2. The highest BCUT2D eigenvalue weighted by Crippen LogP contribution is 2.44. The number of hydrogen-bond donors (Lipinski definition) is 0. The zero-order chi connectivity index (χ0) is 46.1. The second kappa shape index (κ2) is 16.1. The van der Waals surface area contributed by atoms with Gasteiger partial charge in [-0.15, -0.1) is 0 Å². The van der Waals surface area contributed by atoms with E-state index in [1.165, 1.54) is 32.7 Å². The molecule has 0 fully saturated rings. The SMILES string of the molecule is c1ccc(-c2ccc(-c3ccc(-c4cc5c(cc4-n4c6ccccc6c6cc7ccccc7cc64)oc4cccc(-c6nc(-c7ccccc7)nc(-c7cccc8ccccc78)n6)c45)cc3)cc2)cc1. The fourth-order valence-electron chi connectivity index (χ4n) is 10.5. The lowest BCUT2D eigenvalue weighted by atomic mass is 9.95. The highest BCUT2D eigenvalue weighted by atomic mass is 16.3. The first-order chi connectivity index (χ1) is 34.7. The Bertz CT molecular complexity index is 4320. The van der Waals surface area contributed by atoms with Crippen LogP contribution >= 0.6 is 0 Å². The Balaban J connectivity index is 1.00. The summed E-state index contributed by atoms with van der Waals surface area (Å²) >= 11 is 0. The van der Waals surface area contributed by atoms with E-state index in [0.717, 1.165) is 88.4 Å². The summed E-state index contributed by atoms with van der Waals surface area (Å²) in [4.78, 5) is 15.7. The number of benzene rings is 11. The molecule has 70 heavy (non-hydrogen) atoms. The minimum atomic E-state index is 0.577. The molecule has 0 amide bonds. The van der Waals surface area contributed by atoms with Gasteiger partial charge in [0.25, 0.3) is 0 Å². The first-order valence-corrected chi connectivity index (χ1v) is 23.7. The fourth-order valence-corrected chi connectivity index (χ4v) is 10.5. The van der Waals surface area contributed by atoms with E-state index in [1.807, 2.05) is 30.3 Å². The zero-order valence-corrected chi connectivity index (χ0v) is 37.8. The van der Waals surface area contributed by atoms with E-state index < -0.39 is 0 Å². The fraction of sp³-hybridized carbons (Fsp3) is 0. The van der Waals surface area contributed by atoms with Gasteiger partial charge >= 0.3 is 0 Å². The van der Waals surface area contributed by atoms with Gasteiger partial charge < -0.3 is 8.98 Å². The summed E-state index contributed by atoms with van der Waals surface area (Å²) < 4.78 is 9.38. The van der Waals surface area contributed by atoms with E-state index >= 15 is 0 Å². The topological polar surface area (TPSA) is 56.7 Å². The largest absolute Gasteiger partial charge is 0.456 e. The monoisotopic (exact) mass is 892 g/mol. The van der Waals surface area contributed by atoms with Gasteiger partial charge in [-0.05, 0) is 79.7 Å². The van der Waals surface area contributed by atoms with Crippen molar-refractivity contribution in [3.05, 3.63) is 243 Å². The Hall–Kier alpha value is -9.45. The maximum atomic E-state index is 6.96. The van der Waals surface area contributed by atoms with Gasteiger partial charge in [0.05, 0.1) is 16.7 Å². The smallest absolute Gasteiger partial charge is 0.164 e. The molecule has 0 unspecified atom stereocenters. The molecule has 0 saturated heterocycles. The Labute approximate surface area is 403 Å². The summed E-state index contributed by atoms with van der Waals surface area (Å²) in [6.07, 6.45) is 0. The van der Waals surface area contributed by atoms with Crippen LogP contribution in [0.4, 0.5) is 0 Å². The van der Waals surface area contributed by atoms with Crippen molar-refractivity contribution in [2.24, 2.45) is 0 Å². The van der Waals surface area contributed by atoms with Crippen molar-refractivity contribution >= 4 is 65.3 Å². The Morgan fingerprint density at radius 3 is 1.54 bits per heavy atom. The van der Waals surface area contributed by atoms with Crippen molar-refractivity contribution in [2.75, 3.05) is 0 Å². The molecule has 5 nitrogen and oxygen atoms in total. The van der Waals surface area contributed by atoms with Crippen LogP contribution < -0.4 is 0 Å². The quantitative estimate of drug-likeness (QED) is 0.160. The molecule has 0 saturated carbocycles. The minimum Gasteiger partial charge on any atom is -0.456 e. The molecule has 0 N–H and O–H groups in total. The van der Waals surface area contributed by atoms with E-state index in [1.54, 1.807) is 0 Å². The van der Waals surface area contributed by atoms with E-state index in [-0.39, 0.29) is 0 Å².